The van der Waals surface area contributed by atoms with Crippen molar-refractivity contribution in [1.29, 1.82) is 0 Å². The van der Waals surface area contributed by atoms with E-state index in [1.54, 1.807) is 54.6 Å². The van der Waals surface area contributed by atoms with Crippen LogP contribution < -0.4 is 9.47 Å². The number of ether oxygens (including phenoxy) is 3. The molecule has 31 heavy (non-hydrogen) atoms. The van der Waals surface area contributed by atoms with Gasteiger partial charge in [0.2, 0.25) is 5.78 Å². The number of furan rings is 1. The molecule has 4 aromatic rings. The first-order chi connectivity index (χ1) is 15.1. The highest BCUT2D eigenvalue weighted by molar-refractivity contribution is 6.06. The normalized spacial score (nSPS) is 10.6. The van der Waals surface area contributed by atoms with Crippen molar-refractivity contribution in [2.24, 2.45) is 0 Å². The number of ketones is 1. The van der Waals surface area contributed by atoms with E-state index in [9.17, 15) is 9.59 Å². The van der Waals surface area contributed by atoms with E-state index in [2.05, 4.69) is 4.98 Å². The number of fused-ring (bicyclic) bond motifs is 1. The summed E-state index contributed by atoms with van der Waals surface area (Å²) in [7, 11) is 2.96. The summed E-state index contributed by atoms with van der Waals surface area (Å²) < 4.78 is 21.2. The third-order valence-corrected chi connectivity index (χ3v) is 4.75. The van der Waals surface area contributed by atoms with Crippen LogP contribution in [0.15, 0.2) is 71.3 Å². The van der Waals surface area contributed by atoms with Crippen LogP contribution in [0.1, 0.15) is 20.7 Å². The Morgan fingerprint density at radius 2 is 1.77 bits per heavy atom. The highest BCUT2D eigenvalue weighted by Gasteiger charge is 2.19. The molecule has 0 saturated carbocycles. The molecule has 2 heterocycles. The molecule has 0 atom stereocenters. The third-order valence-electron chi connectivity index (χ3n) is 4.75. The van der Waals surface area contributed by atoms with Crippen LogP contribution in [0.25, 0.3) is 22.4 Å². The van der Waals surface area contributed by atoms with Gasteiger partial charge in [0.15, 0.2) is 12.4 Å². The molecule has 0 radical (unpaired) electrons. The lowest BCUT2D eigenvalue weighted by Crippen LogP contribution is -2.15. The van der Waals surface area contributed by atoms with Gasteiger partial charge >= 0.3 is 5.97 Å². The lowest BCUT2D eigenvalue weighted by Gasteiger charge is -2.11. The lowest BCUT2D eigenvalue weighted by molar-refractivity contribution is 0.0476. The first-order valence-electron chi connectivity index (χ1n) is 9.46. The Hall–Kier alpha value is -4.13. The number of carbonyl (C=O) groups excluding carboxylic acids is 2. The molecule has 156 valence electrons. The number of Topliss-reactive ketones (excluding diaryl/α,β-unsaturated/α-hetero) is 1. The Morgan fingerprint density at radius 3 is 2.52 bits per heavy atom. The van der Waals surface area contributed by atoms with Gasteiger partial charge in [0, 0.05) is 5.39 Å². The molecule has 0 saturated heterocycles. The zero-order valence-electron chi connectivity index (χ0n) is 17.0. The molecule has 0 spiro atoms. The van der Waals surface area contributed by atoms with E-state index in [-0.39, 0.29) is 5.56 Å². The fourth-order valence-corrected chi connectivity index (χ4v) is 3.21. The van der Waals surface area contributed by atoms with Crippen molar-refractivity contribution in [3.63, 3.8) is 0 Å². The fourth-order valence-electron chi connectivity index (χ4n) is 3.21. The number of aromatic nitrogens is 1. The molecule has 7 heteroatoms. The van der Waals surface area contributed by atoms with Crippen LogP contribution in [-0.4, -0.2) is 37.6 Å². The topological polar surface area (TPSA) is 87.9 Å². The summed E-state index contributed by atoms with van der Waals surface area (Å²) in [6.45, 7) is -0.449. The predicted octanol–water partition coefficient (Wildman–Crippen LogP) is 4.55. The maximum atomic E-state index is 12.9. The summed E-state index contributed by atoms with van der Waals surface area (Å²) in [5.41, 5.74) is 1.67. The van der Waals surface area contributed by atoms with E-state index in [1.807, 2.05) is 6.07 Å². The van der Waals surface area contributed by atoms with E-state index in [0.717, 1.165) is 0 Å². The molecule has 0 unspecified atom stereocenters. The summed E-state index contributed by atoms with van der Waals surface area (Å²) >= 11 is 0. The number of carbonyl (C=O) groups is 2. The molecule has 0 aliphatic rings. The second-order valence-electron chi connectivity index (χ2n) is 6.62. The Labute approximate surface area is 178 Å². The number of para-hydroxylation sites is 1. The molecule has 0 amide bonds. The molecule has 0 aliphatic carbocycles. The molecule has 2 aromatic carbocycles. The number of methoxy groups -OCH3 is 2. The average Bonchev–Trinajstić information content (AvgIpc) is 3.36. The Kier molecular flexibility index (Phi) is 5.66. The maximum absolute atomic E-state index is 12.9. The number of rotatable bonds is 7. The SMILES string of the molecule is COc1ccc(OC)c(C(=O)COC(=O)c2cc(-c3ccco3)nc3ccccc23)c1. The fraction of sp³-hybridized carbons (Fsp3) is 0.125. The maximum Gasteiger partial charge on any atom is 0.339 e. The Bertz CT molecular complexity index is 1250. The first kappa shape index (κ1) is 20.2. The van der Waals surface area contributed by atoms with Crippen LogP contribution in [0, 0.1) is 0 Å². The van der Waals surface area contributed by atoms with Gasteiger partial charge in [-0.1, -0.05) is 18.2 Å². The van der Waals surface area contributed by atoms with Gasteiger partial charge in [0.25, 0.3) is 0 Å². The molecule has 0 bridgehead atoms. The number of esters is 1. The predicted molar refractivity (Wildman–Crippen MR) is 114 cm³/mol. The Balaban J connectivity index is 1.61. The van der Waals surface area contributed by atoms with Crippen molar-refractivity contribution < 1.29 is 28.2 Å². The monoisotopic (exact) mass is 417 g/mol. The van der Waals surface area contributed by atoms with Gasteiger partial charge in [-0.2, -0.15) is 0 Å². The zero-order chi connectivity index (χ0) is 21.8. The number of hydrogen-bond donors (Lipinski definition) is 0. The number of pyridine rings is 1. The quantitative estimate of drug-likeness (QED) is 0.322. The van der Waals surface area contributed by atoms with E-state index < -0.39 is 18.4 Å². The van der Waals surface area contributed by atoms with Crippen LogP contribution in [0.2, 0.25) is 0 Å². The highest BCUT2D eigenvalue weighted by Crippen LogP contribution is 2.27. The van der Waals surface area contributed by atoms with Crippen molar-refractivity contribution >= 4 is 22.7 Å². The van der Waals surface area contributed by atoms with Crippen molar-refractivity contribution in [2.75, 3.05) is 20.8 Å². The van der Waals surface area contributed by atoms with Gasteiger partial charge in [-0.3, -0.25) is 4.79 Å². The van der Waals surface area contributed by atoms with Crippen LogP contribution in [0.5, 0.6) is 11.5 Å². The standard InChI is InChI=1S/C24H19NO6/c1-28-15-9-10-22(29-2)18(12-15)21(26)14-31-24(27)17-13-20(23-8-5-11-30-23)25-19-7-4-3-6-16(17)19/h3-13H,14H2,1-2H3. The van der Waals surface area contributed by atoms with Gasteiger partial charge in [-0.05, 0) is 42.5 Å². The average molecular weight is 417 g/mol. The molecule has 7 nitrogen and oxygen atoms in total. The highest BCUT2D eigenvalue weighted by atomic mass is 16.5. The van der Waals surface area contributed by atoms with Crippen LogP contribution >= 0.6 is 0 Å². The van der Waals surface area contributed by atoms with Crippen molar-refractivity contribution in [1.82, 2.24) is 4.98 Å². The summed E-state index contributed by atoms with van der Waals surface area (Å²) in [6, 6.07) is 17.2. The zero-order valence-corrected chi connectivity index (χ0v) is 17.0. The van der Waals surface area contributed by atoms with Crippen LogP contribution in [-0.2, 0) is 4.74 Å². The minimum Gasteiger partial charge on any atom is -0.497 e. The van der Waals surface area contributed by atoms with Gasteiger partial charge < -0.3 is 18.6 Å². The number of hydrogen-bond acceptors (Lipinski definition) is 7. The third kappa shape index (κ3) is 4.11. The summed E-state index contributed by atoms with van der Waals surface area (Å²) in [5.74, 6) is 0.349. The molecule has 0 N–H and O–H groups in total. The van der Waals surface area contributed by atoms with E-state index in [1.165, 1.54) is 20.5 Å². The minimum absolute atomic E-state index is 0.269. The summed E-state index contributed by atoms with van der Waals surface area (Å²) in [6.07, 6.45) is 1.53. The van der Waals surface area contributed by atoms with Crippen molar-refractivity contribution in [3.05, 3.63) is 78.1 Å². The lowest BCUT2D eigenvalue weighted by atomic mass is 10.1. The van der Waals surface area contributed by atoms with E-state index >= 15 is 0 Å². The van der Waals surface area contributed by atoms with Crippen LogP contribution in [0.4, 0.5) is 0 Å². The van der Waals surface area contributed by atoms with Crippen molar-refractivity contribution in [3.8, 4) is 23.0 Å². The molecule has 2 aromatic heterocycles. The second-order valence-corrected chi connectivity index (χ2v) is 6.62. The molecular weight excluding hydrogens is 398 g/mol. The number of benzene rings is 2. The number of nitrogens with zero attached hydrogens (tertiary/aromatic N) is 1. The molecule has 0 fully saturated rings. The van der Waals surface area contributed by atoms with Crippen molar-refractivity contribution in [2.45, 2.75) is 0 Å². The largest absolute Gasteiger partial charge is 0.497 e. The smallest absolute Gasteiger partial charge is 0.339 e. The first-order valence-corrected chi connectivity index (χ1v) is 9.46. The van der Waals surface area contributed by atoms with Gasteiger partial charge in [-0.15, -0.1) is 0 Å². The van der Waals surface area contributed by atoms with Gasteiger partial charge in [-0.25, -0.2) is 9.78 Å². The second kappa shape index (κ2) is 8.71. The molecule has 0 aliphatic heterocycles. The van der Waals surface area contributed by atoms with Crippen LogP contribution in [0.3, 0.4) is 0 Å². The van der Waals surface area contributed by atoms with Gasteiger partial charge in [0.1, 0.15) is 17.2 Å². The van der Waals surface area contributed by atoms with E-state index in [0.29, 0.717) is 39.4 Å². The summed E-state index contributed by atoms with van der Waals surface area (Å²) in [5, 5.41) is 0.620. The van der Waals surface area contributed by atoms with Gasteiger partial charge in [0.05, 0.1) is 37.1 Å². The van der Waals surface area contributed by atoms with E-state index in [4.69, 9.17) is 18.6 Å². The minimum atomic E-state index is -0.637. The Morgan fingerprint density at radius 1 is 0.935 bits per heavy atom. The summed E-state index contributed by atoms with van der Waals surface area (Å²) in [4.78, 5) is 30.2. The molecular formula is C24H19NO6. The molecule has 4 rings (SSSR count).